The zero-order valence-corrected chi connectivity index (χ0v) is 13.1. The average molecular weight is 296 g/mol. The Kier molecular flexibility index (Phi) is 5.57. The van der Waals surface area contributed by atoms with E-state index in [2.05, 4.69) is 35.6 Å². The van der Waals surface area contributed by atoms with Crippen LogP contribution in [0.1, 0.15) is 25.8 Å². The van der Waals surface area contributed by atoms with Crippen LogP contribution in [0.15, 0.2) is 16.8 Å². The number of amides is 1. The predicted octanol–water partition coefficient (Wildman–Crippen LogP) is 1.59. The molecule has 0 saturated carbocycles. The minimum absolute atomic E-state index is 0.181. The summed E-state index contributed by atoms with van der Waals surface area (Å²) in [6, 6.07) is 2.72. The first-order valence-corrected chi connectivity index (χ1v) is 8.21. The fraction of sp³-hybridized carbons (Fsp3) is 0.667. The van der Waals surface area contributed by atoms with E-state index in [4.69, 9.17) is 5.11 Å². The average Bonchev–Trinajstić information content (AvgIpc) is 2.93. The molecule has 0 bridgehead atoms. The molecule has 0 spiro atoms. The van der Waals surface area contributed by atoms with E-state index in [1.807, 2.05) is 4.90 Å². The van der Waals surface area contributed by atoms with E-state index in [9.17, 15) is 4.79 Å². The Morgan fingerprint density at radius 3 is 2.65 bits per heavy atom. The number of carbonyl (C=O) groups is 1. The molecular formula is C15H24N2O2S. The number of aliphatic hydroxyl groups excluding tert-OH is 1. The monoisotopic (exact) mass is 296 g/mol. The Morgan fingerprint density at radius 2 is 2.10 bits per heavy atom. The molecule has 0 radical (unpaired) electrons. The summed E-state index contributed by atoms with van der Waals surface area (Å²) in [7, 11) is 0. The number of carbonyl (C=O) groups excluding carboxylic acids is 1. The van der Waals surface area contributed by atoms with Gasteiger partial charge >= 0.3 is 0 Å². The topological polar surface area (TPSA) is 43.8 Å². The van der Waals surface area contributed by atoms with Gasteiger partial charge in [-0.2, -0.15) is 11.3 Å². The molecule has 2 atom stereocenters. The first-order chi connectivity index (χ1) is 9.61. The molecule has 2 heterocycles. The van der Waals surface area contributed by atoms with E-state index in [-0.39, 0.29) is 12.5 Å². The normalized spacial score (nSPS) is 24.1. The zero-order valence-electron chi connectivity index (χ0n) is 12.3. The highest BCUT2D eigenvalue weighted by molar-refractivity contribution is 7.07. The highest BCUT2D eigenvalue weighted by Crippen LogP contribution is 2.17. The molecule has 20 heavy (non-hydrogen) atoms. The van der Waals surface area contributed by atoms with Crippen LogP contribution in [0.5, 0.6) is 0 Å². The smallest absolute Gasteiger partial charge is 0.223 e. The van der Waals surface area contributed by atoms with E-state index in [0.717, 1.165) is 19.5 Å². The third-order valence-corrected chi connectivity index (χ3v) is 4.75. The van der Waals surface area contributed by atoms with Crippen molar-refractivity contribution in [3.05, 3.63) is 22.4 Å². The van der Waals surface area contributed by atoms with Crippen molar-refractivity contribution in [1.29, 1.82) is 0 Å². The highest BCUT2D eigenvalue weighted by Gasteiger charge is 2.30. The Morgan fingerprint density at radius 1 is 1.40 bits per heavy atom. The van der Waals surface area contributed by atoms with Crippen LogP contribution in [0.3, 0.4) is 0 Å². The molecular weight excluding hydrogens is 272 g/mol. The van der Waals surface area contributed by atoms with Gasteiger partial charge in [-0.15, -0.1) is 0 Å². The summed E-state index contributed by atoms with van der Waals surface area (Å²) in [5.74, 6) is 0.249. The van der Waals surface area contributed by atoms with Gasteiger partial charge in [0.1, 0.15) is 0 Å². The fourth-order valence-corrected chi connectivity index (χ4v) is 3.66. The van der Waals surface area contributed by atoms with Gasteiger partial charge < -0.3 is 10.0 Å². The number of aryl methyl sites for hydroxylation is 1. The second-order valence-corrected chi connectivity index (χ2v) is 6.37. The van der Waals surface area contributed by atoms with Gasteiger partial charge in [0.05, 0.1) is 6.61 Å². The van der Waals surface area contributed by atoms with Crippen LogP contribution in [-0.2, 0) is 11.2 Å². The van der Waals surface area contributed by atoms with Gasteiger partial charge in [0, 0.05) is 38.1 Å². The first kappa shape index (κ1) is 15.5. The third-order valence-electron chi connectivity index (χ3n) is 4.02. The van der Waals surface area contributed by atoms with Crippen LogP contribution in [0.4, 0.5) is 0 Å². The maximum Gasteiger partial charge on any atom is 0.223 e. The van der Waals surface area contributed by atoms with Gasteiger partial charge in [-0.25, -0.2) is 0 Å². The molecule has 1 amide bonds. The molecule has 1 aliphatic rings. The standard InChI is InChI=1S/C15H24N2O2S/c1-12-9-16(10-13(2)17(12)6-7-18)15(19)4-3-14-5-8-20-11-14/h5,8,11-13,18H,3-4,6-7,9-10H2,1-2H3/t12-,13+. The molecule has 112 valence electrons. The maximum absolute atomic E-state index is 12.3. The lowest BCUT2D eigenvalue weighted by atomic mass is 10.1. The van der Waals surface area contributed by atoms with E-state index in [1.165, 1.54) is 5.56 Å². The summed E-state index contributed by atoms with van der Waals surface area (Å²) in [5, 5.41) is 13.3. The second-order valence-electron chi connectivity index (χ2n) is 5.59. The number of nitrogens with zero attached hydrogens (tertiary/aromatic N) is 2. The van der Waals surface area contributed by atoms with Crippen LogP contribution < -0.4 is 0 Å². The summed E-state index contributed by atoms with van der Waals surface area (Å²) >= 11 is 1.68. The zero-order chi connectivity index (χ0) is 14.5. The molecule has 0 unspecified atom stereocenters. The maximum atomic E-state index is 12.3. The molecule has 0 aliphatic carbocycles. The number of hydrogen-bond acceptors (Lipinski definition) is 4. The van der Waals surface area contributed by atoms with Crippen molar-refractivity contribution in [3.8, 4) is 0 Å². The van der Waals surface area contributed by atoms with Crippen LogP contribution in [0.2, 0.25) is 0 Å². The lowest BCUT2D eigenvalue weighted by molar-refractivity contribution is -0.135. The quantitative estimate of drug-likeness (QED) is 0.897. The number of hydrogen-bond donors (Lipinski definition) is 1. The summed E-state index contributed by atoms with van der Waals surface area (Å²) in [6.07, 6.45) is 1.43. The minimum Gasteiger partial charge on any atom is -0.395 e. The molecule has 1 fully saturated rings. The van der Waals surface area contributed by atoms with Gasteiger partial charge in [0.15, 0.2) is 0 Å². The molecule has 1 aliphatic heterocycles. The second kappa shape index (κ2) is 7.20. The van der Waals surface area contributed by atoms with Gasteiger partial charge in [0.2, 0.25) is 5.91 Å². The Labute approximate surface area is 125 Å². The molecule has 1 saturated heterocycles. The van der Waals surface area contributed by atoms with Gasteiger partial charge in [-0.3, -0.25) is 9.69 Å². The van der Waals surface area contributed by atoms with Gasteiger partial charge in [0.25, 0.3) is 0 Å². The van der Waals surface area contributed by atoms with Gasteiger partial charge in [-0.1, -0.05) is 0 Å². The number of β-amino-alcohol motifs (C(OH)–C–C–N with tert-alkyl or cyclic N) is 1. The SMILES string of the molecule is C[C@@H]1CN(C(=O)CCc2ccsc2)C[C@H](C)N1CCO. The number of rotatable bonds is 5. The number of thiophene rings is 1. The molecule has 1 N–H and O–H groups in total. The summed E-state index contributed by atoms with van der Waals surface area (Å²) < 4.78 is 0. The van der Waals surface area contributed by atoms with Crippen molar-refractivity contribution < 1.29 is 9.90 Å². The Hall–Kier alpha value is -0.910. The van der Waals surface area contributed by atoms with Crippen molar-refractivity contribution >= 4 is 17.2 Å². The Balaban J connectivity index is 1.85. The van der Waals surface area contributed by atoms with Crippen molar-refractivity contribution in [1.82, 2.24) is 9.80 Å². The van der Waals surface area contributed by atoms with E-state index in [0.29, 0.717) is 25.0 Å². The molecule has 5 heteroatoms. The molecule has 1 aromatic rings. The summed E-state index contributed by atoms with van der Waals surface area (Å²) in [5.41, 5.74) is 1.25. The van der Waals surface area contributed by atoms with Crippen LogP contribution in [0, 0.1) is 0 Å². The van der Waals surface area contributed by atoms with Crippen molar-refractivity contribution in [3.63, 3.8) is 0 Å². The first-order valence-electron chi connectivity index (χ1n) is 7.27. The summed E-state index contributed by atoms with van der Waals surface area (Å²) in [4.78, 5) is 16.6. The lowest BCUT2D eigenvalue weighted by Crippen LogP contribution is -2.58. The number of piperazine rings is 1. The van der Waals surface area contributed by atoms with Crippen LogP contribution in [-0.4, -0.2) is 59.1 Å². The molecule has 2 rings (SSSR count). The largest absolute Gasteiger partial charge is 0.395 e. The fourth-order valence-electron chi connectivity index (χ4n) is 2.96. The van der Waals surface area contributed by atoms with Crippen molar-refractivity contribution in [2.45, 2.75) is 38.8 Å². The van der Waals surface area contributed by atoms with E-state index < -0.39 is 0 Å². The molecule has 1 aromatic heterocycles. The molecule has 4 nitrogen and oxygen atoms in total. The molecule has 0 aromatic carbocycles. The number of aliphatic hydroxyl groups is 1. The highest BCUT2D eigenvalue weighted by atomic mass is 32.1. The van der Waals surface area contributed by atoms with Gasteiger partial charge in [-0.05, 0) is 42.7 Å². The minimum atomic E-state index is 0.181. The third kappa shape index (κ3) is 3.81. The van der Waals surface area contributed by atoms with E-state index in [1.54, 1.807) is 11.3 Å². The van der Waals surface area contributed by atoms with Crippen LogP contribution in [0.25, 0.3) is 0 Å². The van der Waals surface area contributed by atoms with Crippen molar-refractivity contribution in [2.24, 2.45) is 0 Å². The predicted molar refractivity (Wildman–Crippen MR) is 81.9 cm³/mol. The van der Waals surface area contributed by atoms with E-state index >= 15 is 0 Å². The van der Waals surface area contributed by atoms with Crippen molar-refractivity contribution in [2.75, 3.05) is 26.2 Å². The van der Waals surface area contributed by atoms with Crippen LogP contribution >= 0.6 is 11.3 Å². The Bertz CT molecular complexity index is 410. The summed E-state index contributed by atoms with van der Waals surface area (Å²) in [6.45, 7) is 6.68. The lowest BCUT2D eigenvalue weighted by Gasteiger charge is -2.44.